The van der Waals surface area contributed by atoms with E-state index in [0.717, 1.165) is 0 Å². The maximum atomic E-state index is 12.9. The van der Waals surface area contributed by atoms with Crippen molar-refractivity contribution < 1.29 is 36.6 Å². The minimum absolute atomic E-state index is 0.0174. The molecule has 0 amide bonds. The normalized spacial score (nSPS) is 19.9. The fourth-order valence-corrected chi connectivity index (χ4v) is 5.69. The zero-order valence-electron chi connectivity index (χ0n) is 20.8. The van der Waals surface area contributed by atoms with Crippen molar-refractivity contribution in [3.8, 4) is 0 Å². The van der Waals surface area contributed by atoms with Gasteiger partial charge in [-0.1, -0.05) is 39.0 Å². The fraction of sp³-hybridized carbons (Fsp3) is 0.583. The van der Waals surface area contributed by atoms with Crippen LogP contribution >= 0.6 is 0 Å². The minimum atomic E-state index is -3.84. The highest BCUT2D eigenvalue weighted by molar-refractivity contribution is 7.92. The number of ether oxygens (including phenoxy) is 3. The first-order chi connectivity index (χ1) is 15.8. The molecule has 190 valence electrons. The number of cyclic esters (lactones) is 1. The van der Waals surface area contributed by atoms with Crippen molar-refractivity contribution in [2.75, 3.05) is 19.8 Å². The van der Waals surface area contributed by atoms with E-state index in [0.29, 0.717) is 12.0 Å². The summed E-state index contributed by atoms with van der Waals surface area (Å²) in [7, 11) is -5.93. The number of esters is 1. The lowest BCUT2D eigenvalue weighted by Gasteiger charge is -2.36. The third-order valence-electron chi connectivity index (χ3n) is 6.17. The molecular weight excluding hydrogens is 476 g/mol. The molecule has 0 aromatic heterocycles. The Morgan fingerprint density at radius 1 is 1.12 bits per heavy atom. The smallest absolute Gasteiger partial charge is 0.457 e. The summed E-state index contributed by atoms with van der Waals surface area (Å²) in [6, 6.07) is 7.88. The van der Waals surface area contributed by atoms with Gasteiger partial charge in [-0.25, -0.2) is 13.2 Å². The van der Waals surface area contributed by atoms with E-state index in [1.54, 1.807) is 31.2 Å². The first kappa shape index (κ1) is 28.1. The molecule has 1 unspecified atom stereocenters. The second-order valence-corrected chi connectivity index (χ2v) is 16.7. The van der Waals surface area contributed by atoms with Crippen LogP contribution in [0.5, 0.6) is 0 Å². The van der Waals surface area contributed by atoms with Crippen LogP contribution in [-0.4, -0.2) is 60.0 Å². The molecule has 8 nitrogen and oxygen atoms in total. The fourth-order valence-electron chi connectivity index (χ4n) is 3.09. The zero-order valence-corrected chi connectivity index (χ0v) is 22.6. The van der Waals surface area contributed by atoms with Gasteiger partial charge in [-0.2, -0.15) is 0 Å². The van der Waals surface area contributed by atoms with Crippen LogP contribution in [0.25, 0.3) is 0 Å². The number of hydrogen-bond acceptors (Lipinski definition) is 8. The summed E-state index contributed by atoms with van der Waals surface area (Å²) < 4.78 is 47.5. The maximum absolute atomic E-state index is 12.9. The topological polar surface area (TPSA) is 105 Å². The number of sulfone groups is 1. The molecule has 1 aliphatic heterocycles. The van der Waals surface area contributed by atoms with Crippen molar-refractivity contribution in [1.29, 1.82) is 0 Å². The molecule has 1 saturated heterocycles. The maximum Gasteiger partial charge on any atom is 0.508 e. The summed E-state index contributed by atoms with van der Waals surface area (Å²) in [5, 5.41) is -1.27. The lowest BCUT2D eigenvalue weighted by atomic mass is 10.1. The molecule has 0 N–H and O–H groups in total. The van der Waals surface area contributed by atoms with Gasteiger partial charge in [0.2, 0.25) is 0 Å². The summed E-state index contributed by atoms with van der Waals surface area (Å²) in [5.41, 5.74) is 0.625. The SMILES string of the molecule is CCOC(=O)OC/C(=C/[C@H]1CCC(S(=O)(=O)c2ccccc2)C(=O)O1)CO[Si](C)(C)C(C)(C)C. The Labute approximate surface area is 203 Å². The second-order valence-electron chi connectivity index (χ2n) is 9.74. The predicted octanol–water partition coefficient (Wildman–Crippen LogP) is 4.66. The monoisotopic (exact) mass is 512 g/mol. The van der Waals surface area contributed by atoms with Crippen LogP contribution in [0.4, 0.5) is 4.79 Å². The van der Waals surface area contributed by atoms with Gasteiger partial charge in [-0.15, -0.1) is 0 Å². The molecule has 0 spiro atoms. The number of carbonyl (C=O) groups is 2. The zero-order chi connectivity index (χ0) is 25.6. The standard InChI is InChI=1S/C24H36O8SSi/c1-7-29-23(26)30-16-18(17-31-34(5,6)24(2,3)4)15-19-13-14-21(22(25)32-19)33(27,28)20-11-9-8-10-12-20/h8-12,15,19,21H,7,13-14,16-17H2,1-6H3/b18-15-/t19-,21?/m1/s1. The van der Waals surface area contributed by atoms with Crippen molar-refractivity contribution in [3.05, 3.63) is 42.0 Å². The lowest BCUT2D eigenvalue weighted by Crippen LogP contribution is -2.42. The van der Waals surface area contributed by atoms with Crippen molar-refractivity contribution in [1.82, 2.24) is 0 Å². The molecule has 1 aromatic rings. The predicted molar refractivity (Wildman–Crippen MR) is 131 cm³/mol. The van der Waals surface area contributed by atoms with Crippen LogP contribution in [0, 0.1) is 0 Å². The van der Waals surface area contributed by atoms with E-state index in [9.17, 15) is 18.0 Å². The molecular formula is C24H36O8SSi. The van der Waals surface area contributed by atoms with Gasteiger partial charge < -0.3 is 18.6 Å². The summed E-state index contributed by atoms with van der Waals surface area (Å²) >= 11 is 0. The molecule has 10 heteroatoms. The van der Waals surface area contributed by atoms with E-state index >= 15 is 0 Å². The lowest BCUT2D eigenvalue weighted by molar-refractivity contribution is -0.150. The van der Waals surface area contributed by atoms with E-state index in [2.05, 4.69) is 33.9 Å². The Morgan fingerprint density at radius 3 is 2.32 bits per heavy atom. The molecule has 0 bridgehead atoms. The number of carbonyl (C=O) groups excluding carboxylic acids is 2. The molecule has 0 aliphatic carbocycles. The summed E-state index contributed by atoms with van der Waals surface area (Å²) in [6.45, 7) is 12.6. The third kappa shape index (κ3) is 7.41. The Hall–Kier alpha value is -2.17. The molecule has 2 atom stereocenters. The molecule has 1 aromatic carbocycles. The first-order valence-corrected chi connectivity index (χ1v) is 15.9. The van der Waals surface area contributed by atoms with Crippen LogP contribution < -0.4 is 0 Å². The van der Waals surface area contributed by atoms with E-state index < -0.39 is 41.6 Å². The summed E-state index contributed by atoms with van der Waals surface area (Å²) in [4.78, 5) is 24.4. The average molecular weight is 513 g/mol. The van der Waals surface area contributed by atoms with Gasteiger partial charge in [0.25, 0.3) is 0 Å². The van der Waals surface area contributed by atoms with E-state index in [-0.39, 0.29) is 36.2 Å². The van der Waals surface area contributed by atoms with Gasteiger partial charge in [0, 0.05) is 0 Å². The van der Waals surface area contributed by atoms with Gasteiger partial charge >= 0.3 is 12.1 Å². The summed E-state index contributed by atoms with van der Waals surface area (Å²) in [6.07, 6.45) is 0.710. The third-order valence-corrected chi connectivity index (χ3v) is 12.8. The second kappa shape index (κ2) is 11.5. The average Bonchev–Trinajstić information content (AvgIpc) is 2.75. The van der Waals surface area contributed by atoms with Crippen molar-refractivity contribution in [2.24, 2.45) is 0 Å². The van der Waals surface area contributed by atoms with Gasteiger partial charge in [-0.3, -0.25) is 4.79 Å². The van der Waals surface area contributed by atoms with Crippen LogP contribution in [0.2, 0.25) is 18.1 Å². The molecule has 2 rings (SSSR count). The highest BCUT2D eigenvalue weighted by Crippen LogP contribution is 2.37. The Morgan fingerprint density at radius 2 is 1.76 bits per heavy atom. The quantitative estimate of drug-likeness (QED) is 0.267. The minimum Gasteiger partial charge on any atom is -0.457 e. The Kier molecular flexibility index (Phi) is 9.50. The molecule has 1 aliphatic rings. The van der Waals surface area contributed by atoms with Crippen LogP contribution in [-0.2, 0) is 33.3 Å². The van der Waals surface area contributed by atoms with Gasteiger partial charge in [0.1, 0.15) is 12.7 Å². The van der Waals surface area contributed by atoms with Crippen molar-refractivity contribution in [2.45, 2.75) is 74.9 Å². The van der Waals surface area contributed by atoms with Crippen molar-refractivity contribution in [3.63, 3.8) is 0 Å². The van der Waals surface area contributed by atoms with Crippen molar-refractivity contribution >= 4 is 30.3 Å². The van der Waals surface area contributed by atoms with E-state index in [1.165, 1.54) is 12.1 Å². The largest absolute Gasteiger partial charge is 0.508 e. The Bertz CT molecular complexity index is 980. The first-order valence-electron chi connectivity index (χ1n) is 11.4. The van der Waals surface area contributed by atoms with Crippen LogP contribution in [0.3, 0.4) is 0 Å². The van der Waals surface area contributed by atoms with Crippen LogP contribution in [0.15, 0.2) is 46.9 Å². The number of hydrogen-bond donors (Lipinski definition) is 0. The van der Waals surface area contributed by atoms with Gasteiger partial charge in [-0.05, 0) is 61.7 Å². The molecule has 1 fully saturated rings. The molecule has 34 heavy (non-hydrogen) atoms. The number of benzene rings is 1. The van der Waals surface area contributed by atoms with Gasteiger partial charge in [0.15, 0.2) is 23.4 Å². The Balaban J connectivity index is 2.14. The highest BCUT2D eigenvalue weighted by Gasteiger charge is 2.40. The number of rotatable bonds is 9. The summed E-state index contributed by atoms with van der Waals surface area (Å²) in [5.74, 6) is -0.785. The molecule has 1 heterocycles. The van der Waals surface area contributed by atoms with E-state index in [4.69, 9.17) is 18.6 Å². The molecule has 0 radical (unpaired) electrons. The van der Waals surface area contributed by atoms with Crippen LogP contribution in [0.1, 0.15) is 40.5 Å². The van der Waals surface area contributed by atoms with E-state index in [1.807, 2.05) is 0 Å². The molecule has 0 saturated carbocycles. The van der Waals surface area contributed by atoms with Gasteiger partial charge in [0.05, 0.1) is 18.1 Å². The highest BCUT2D eigenvalue weighted by atomic mass is 32.2.